The maximum atomic E-state index is 12.5. The number of ether oxygens (including phenoxy) is 1. The Morgan fingerprint density at radius 1 is 0.962 bits per heavy atom. The fraction of sp³-hybridized carbons (Fsp3) is 0.333. The van der Waals surface area contributed by atoms with E-state index < -0.39 is 17.9 Å². The van der Waals surface area contributed by atoms with E-state index in [2.05, 4.69) is 4.90 Å². The number of carboxylic acid groups (broad SMARTS) is 1. The monoisotopic (exact) mass is 352 g/mol. The van der Waals surface area contributed by atoms with Crippen LogP contribution in [-0.4, -0.2) is 25.0 Å². The molecule has 26 heavy (non-hydrogen) atoms. The van der Waals surface area contributed by atoms with Crippen molar-refractivity contribution in [2.75, 3.05) is 18.0 Å². The molecule has 2 aromatic carbocycles. The summed E-state index contributed by atoms with van der Waals surface area (Å²) >= 11 is 0. The molecule has 0 N–H and O–H groups in total. The summed E-state index contributed by atoms with van der Waals surface area (Å²) in [5.41, 5.74) is 1.70. The third kappa shape index (κ3) is 4.63. The first kappa shape index (κ1) is 18.0. The van der Waals surface area contributed by atoms with Crippen molar-refractivity contribution in [1.82, 2.24) is 0 Å². The molecule has 0 radical (unpaired) electrons. The van der Waals surface area contributed by atoms with Gasteiger partial charge in [0.15, 0.2) is 5.75 Å². The van der Waals surface area contributed by atoms with Crippen LogP contribution in [0.5, 0.6) is 5.75 Å². The molecule has 2 aromatic rings. The van der Waals surface area contributed by atoms with Crippen molar-refractivity contribution in [2.24, 2.45) is 0 Å². The molecule has 1 fully saturated rings. The Labute approximate surface area is 153 Å². The first-order valence-electron chi connectivity index (χ1n) is 8.93. The summed E-state index contributed by atoms with van der Waals surface area (Å²) in [4.78, 5) is 25.8. The highest BCUT2D eigenvalue weighted by atomic mass is 16.5. The smallest absolute Gasteiger partial charge is 0.311 e. The van der Waals surface area contributed by atoms with E-state index in [9.17, 15) is 14.7 Å². The molecule has 1 atom stereocenters. The first-order chi connectivity index (χ1) is 12.6. The quantitative estimate of drug-likeness (QED) is 0.566. The maximum absolute atomic E-state index is 12.5. The summed E-state index contributed by atoms with van der Waals surface area (Å²) in [5, 5.41) is 11.1. The number of nitrogens with zero attached hydrogens (tertiary/aromatic N) is 1. The van der Waals surface area contributed by atoms with Gasteiger partial charge in [-0.1, -0.05) is 42.5 Å². The lowest BCUT2D eigenvalue weighted by Crippen LogP contribution is -2.26. The van der Waals surface area contributed by atoms with Crippen molar-refractivity contribution in [2.45, 2.75) is 31.6 Å². The van der Waals surface area contributed by atoms with E-state index in [1.54, 1.807) is 6.07 Å². The summed E-state index contributed by atoms with van der Waals surface area (Å²) in [6, 6.07) is 16.6. The predicted octanol–water partition coefficient (Wildman–Crippen LogP) is 2.51. The lowest BCUT2D eigenvalue weighted by atomic mass is 9.92. The summed E-state index contributed by atoms with van der Waals surface area (Å²) < 4.78 is 5.60. The number of carbonyl (C=O) groups is 2. The summed E-state index contributed by atoms with van der Waals surface area (Å²) in [7, 11) is 0. The number of esters is 1. The molecular weight excluding hydrogens is 330 g/mol. The number of hydrogen-bond donors (Lipinski definition) is 0. The molecule has 1 aliphatic heterocycles. The number of rotatable bonds is 7. The number of benzene rings is 2. The van der Waals surface area contributed by atoms with Crippen molar-refractivity contribution in [3.63, 3.8) is 0 Å². The molecule has 5 nitrogen and oxygen atoms in total. The Kier molecular flexibility index (Phi) is 5.89. The largest absolute Gasteiger partial charge is 0.550 e. The Morgan fingerprint density at radius 3 is 2.31 bits per heavy atom. The minimum atomic E-state index is -1.18. The molecule has 1 aliphatic rings. The van der Waals surface area contributed by atoms with E-state index in [0.717, 1.165) is 37.2 Å². The number of aliphatic carboxylic acids is 1. The molecular formula is C21H22NO4-. The van der Waals surface area contributed by atoms with Gasteiger partial charge in [-0.3, -0.25) is 4.79 Å². The summed E-state index contributed by atoms with van der Waals surface area (Å²) in [6.45, 7) is 1.90. The van der Waals surface area contributed by atoms with Crippen LogP contribution in [0.1, 0.15) is 37.2 Å². The van der Waals surface area contributed by atoms with Crippen LogP contribution in [0.15, 0.2) is 54.6 Å². The van der Waals surface area contributed by atoms with E-state index in [1.165, 1.54) is 0 Å². The lowest BCUT2D eigenvalue weighted by molar-refractivity contribution is -0.306. The summed E-state index contributed by atoms with van der Waals surface area (Å²) in [5.74, 6) is -1.55. The third-order valence-electron chi connectivity index (χ3n) is 4.63. The number of carboxylic acids is 1. The average molecular weight is 352 g/mol. The highest BCUT2D eigenvalue weighted by Crippen LogP contribution is 2.32. The standard InChI is InChI=1S/C21H23NO4/c23-20(24)14-17(16-8-2-1-3-9-16)15-21(25)26-19-11-5-4-10-18(19)22-12-6-7-13-22/h1-5,8-11,17H,6-7,12-15H2,(H,23,24)/p-1/t17-/m1/s1. The summed E-state index contributed by atoms with van der Waals surface area (Å²) in [6.07, 6.45) is 2.03. The number of anilines is 1. The van der Waals surface area contributed by atoms with Crippen molar-refractivity contribution in [3.8, 4) is 5.75 Å². The van der Waals surface area contributed by atoms with Crippen molar-refractivity contribution in [3.05, 3.63) is 60.2 Å². The van der Waals surface area contributed by atoms with E-state index >= 15 is 0 Å². The van der Waals surface area contributed by atoms with Gasteiger partial charge < -0.3 is 19.5 Å². The van der Waals surface area contributed by atoms with Gasteiger partial charge in [-0.25, -0.2) is 0 Å². The molecule has 0 saturated carbocycles. The molecule has 0 unspecified atom stereocenters. The van der Waals surface area contributed by atoms with Crippen LogP contribution < -0.4 is 14.7 Å². The molecule has 136 valence electrons. The SMILES string of the molecule is O=C([O-])C[C@H](CC(=O)Oc1ccccc1N1CCCC1)c1ccccc1. The maximum Gasteiger partial charge on any atom is 0.311 e. The molecule has 0 aliphatic carbocycles. The lowest BCUT2D eigenvalue weighted by Gasteiger charge is -2.21. The molecule has 5 heteroatoms. The van der Waals surface area contributed by atoms with Crippen LogP contribution in [-0.2, 0) is 9.59 Å². The Balaban J connectivity index is 1.72. The first-order valence-corrected chi connectivity index (χ1v) is 8.93. The highest BCUT2D eigenvalue weighted by molar-refractivity contribution is 5.77. The van der Waals surface area contributed by atoms with E-state index in [4.69, 9.17) is 4.74 Å². The molecule has 1 heterocycles. The zero-order valence-corrected chi connectivity index (χ0v) is 14.6. The Morgan fingerprint density at radius 2 is 1.62 bits per heavy atom. The number of para-hydroxylation sites is 2. The van der Waals surface area contributed by atoms with Gasteiger partial charge in [-0.15, -0.1) is 0 Å². The van der Waals surface area contributed by atoms with Crippen molar-refractivity contribution < 1.29 is 19.4 Å². The van der Waals surface area contributed by atoms with E-state index in [1.807, 2.05) is 48.5 Å². The predicted molar refractivity (Wildman–Crippen MR) is 96.9 cm³/mol. The second-order valence-corrected chi connectivity index (χ2v) is 6.52. The zero-order chi connectivity index (χ0) is 18.4. The molecule has 0 bridgehead atoms. The van der Waals surface area contributed by atoms with Gasteiger partial charge >= 0.3 is 5.97 Å². The van der Waals surface area contributed by atoms with Gasteiger partial charge in [-0.2, -0.15) is 0 Å². The van der Waals surface area contributed by atoms with Crippen LogP contribution in [0.25, 0.3) is 0 Å². The second-order valence-electron chi connectivity index (χ2n) is 6.52. The van der Waals surface area contributed by atoms with E-state index in [-0.39, 0.29) is 12.8 Å². The molecule has 0 amide bonds. The normalized spacial score (nSPS) is 14.8. The fourth-order valence-electron chi connectivity index (χ4n) is 3.36. The second kappa shape index (κ2) is 8.52. The van der Waals surface area contributed by atoms with Gasteiger partial charge in [0.2, 0.25) is 0 Å². The highest BCUT2D eigenvalue weighted by Gasteiger charge is 2.21. The van der Waals surface area contributed by atoms with Crippen molar-refractivity contribution in [1.29, 1.82) is 0 Å². The van der Waals surface area contributed by atoms with Crippen LogP contribution in [0.4, 0.5) is 5.69 Å². The van der Waals surface area contributed by atoms with Gasteiger partial charge in [0.1, 0.15) is 0 Å². The van der Waals surface area contributed by atoms with Crippen LogP contribution in [0.2, 0.25) is 0 Å². The van der Waals surface area contributed by atoms with Crippen LogP contribution >= 0.6 is 0 Å². The minimum Gasteiger partial charge on any atom is -0.550 e. The zero-order valence-electron chi connectivity index (χ0n) is 14.6. The van der Waals surface area contributed by atoms with Gasteiger partial charge in [0.25, 0.3) is 0 Å². The topological polar surface area (TPSA) is 69.7 Å². The van der Waals surface area contributed by atoms with Crippen LogP contribution in [0, 0.1) is 0 Å². The van der Waals surface area contributed by atoms with Gasteiger partial charge in [0.05, 0.1) is 12.1 Å². The number of hydrogen-bond acceptors (Lipinski definition) is 5. The molecule has 3 rings (SSSR count). The number of carbonyl (C=O) groups excluding carboxylic acids is 2. The Bertz CT molecular complexity index is 754. The third-order valence-corrected chi connectivity index (χ3v) is 4.63. The Hall–Kier alpha value is -2.82. The van der Waals surface area contributed by atoms with Crippen LogP contribution in [0.3, 0.4) is 0 Å². The van der Waals surface area contributed by atoms with Gasteiger partial charge in [-0.05, 0) is 42.9 Å². The molecule has 0 aromatic heterocycles. The van der Waals surface area contributed by atoms with Crippen molar-refractivity contribution >= 4 is 17.6 Å². The van der Waals surface area contributed by atoms with E-state index in [0.29, 0.717) is 5.75 Å². The fourth-order valence-corrected chi connectivity index (χ4v) is 3.36. The molecule has 1 saturated heterocycles. The molecule has 0 spiro atoms. The van der Waals surface area contributed by atoms with Gasteiger partial charge in [0, 0.05) is 19.1 Å². The minimum absolute atomic E-state index is 0.00761. The average Bonchev–Trinajstić information content (AvgIpc) is 3.16.